The third-order valence-corrected chi connectivity index (χ3v) is 5.92. The molecule has 33 heavy (non-hydrogen) atoms. The Morgan fingerprint density at radius 2 is 1.88 bits per heavy atom. The number of rotatable bonds is 7. The summed E-state index contributed by atoms with van der Waals surface area (Å²) in [6.45, 7) is 5.29. The number of carbonyl (C=O) groups excluding carboxylic acids is 1. The van der Waals surface area contributed by atoms with E-state index in [1.807, 2.05) is 31.2 Å². The van der Waals surface area contributed by atoms with Crippen LogP contribution in [0.3, 0.4) is 0 Å². The summed E-state index contributed by atoms with van der Waals surface area (Å²) in [6.07, 6.45) is 1.53. The van der Waals surface area contributed by atoms with E-state index in [0.29, 0.717) is 44.3 Å². The summed E-state index contributed by atoms with van der Waals surface area (Å²) >= 11 is 5.85. The predicted octanol–water partition coefficient (Wildman–Crippen LogP) is 4.00. The maximum Gasteiger partial charge on any atom is 0.283 e. The molecular weight excluding hydrogens is 446 g/mol. The van der Waals surface area contributed by atoms with Gasteiger partial charge in [-0.15, -0.1) is 0 Å². The molecule has 9 nitrogen and oxygen atoms in total. The molecule has 0 saturated carbocycles. The first kappa shape index (κ1) is 22.9. The highest BCUT2D eigenvalue weighted by Crippen LogP contribution is 2.25. The van der Waals surface area contributed by atoms with Crippen LogP contribution in [0.5, 0.6) is 0 Å². The summed E-state index contributed by atoms with van der Waals surface area (Å²) in [5.74, 6) is 0.857. The van der Waals surface area contributed by atoms with Crippen LogP contribution in [0.15, 0.2) is 47.0 Å². The molecule has 1 fully saturated rings. The molecule has 1 aliphatic heterocycles. The van der Waals surface area contributed by atoms with Gasteiger partial charge < -0.3 is 9.42 Å². The van der Waals surface area contributed by atoms with Gasteiger partial charge in [0.15, 0.2) is 0 Å². The Morgan fingerprint density at radius 3 is 2.58 bits per heavy atom. The van der Waals surface area contributed by atoms with Gasteiger partial charge in [0.25, 0.3) is 11.6 Å². The number of amides is 1. The molecule has 2 aromatic carbocycles. The average molecular weight is 470 g/mol. The van der Waals surface area contributed by atoms with E-state index in [1.165, 1.54) is 23.8 Å². The Kier molecular flexibility index (Phi) is 7.00. The fourth-order valence-corrected chi connectivity index (χ4v) is 3.98. The number of halogens is 1. The lowest BCUT2D eigenvalue weighted by atomic mass is 10.1. The smallest absolute Gasteiger partial charge is 0.283 e. The van der Waals surface area contributed by atoms with E-state index < -0.39 is 4.92 Å². The van der Waals surface area contributed by atoms with Crippen molar-refractivity contribution >= 4 is 23.2 Å². The fraction of sp³-hybridized carbons (Fsp3) is 0.348. The molecule has 0 aliphatic carbocycles. The Bertz CT molecular complexity index is 1140. The second-order valence-electron chi connectivity index (χ2n) is 8.03. The molecule has 0 unspecified atom stereocenters. The fourth-order valence-electron chi connectivity index (χ4n) is 3.81. The zero-order chi connectivity index (χ0) is 23.4. The van der Waals surface area contributed by atoms with Gasteiger partial charge in [-0.05, 0) is 32.0 Å². The van der Waals surface area contributed by atoms with Gasteiger partial charge in [-0.2, -0.15) is 4.98 Å². The van der Waals surface area contributed by atoms with Crippen molar-refractivity contribution in [3.05, 3.63) is 74.6 Å². The van der Waals surface area contributed by atoms with Crippen molar-refractivity contribution in [2.75, 3.05) is 32.7 Å². The van der Waals surface area contributed by atoms with Crippen molar-refractivity contribution in [3.63, 3.8) is 0 Å². The molecule has 172 valence electrons. The van der Waals surface area contributed by atoms with E-state index in [4.69, 9.17) is 16.1 Å². The van der Waals surface area contributed by atoms with Gasteiger partial charge in [0.1, 0.15) is 5.56 Å². The third kappa shape index (κ3) is 5.55. The van der Waals surface area contributed by atoms with Gasteiger partial charge in [-0.3, -0.25) is 19.8 Å². The third-order valence-electron chi connectivity index (χ3n) is 5.69. The van der Waals surface area contributed by atoms with E-state index in [-0.39, 0.29) is 22.2 Å². The highest BCUT2D eigenvalue weighted by Gasteiger charge is 2.27. The molecule has 4 rings (SSSR count). The second-order valence-corrected chi connectivity index (χ2v) is 8.47. The van der Waals surface area contributed by atoms with Crippen molar-refractivity contribution in [3.8, 4) is 11.4 Å². The molecule has 10 heteroatoms. The van der Waals surface area contributed by atoms with Gasteiger partial charge in [-0.1, -0.05) is 46.6 Å². The second kappa shape index (κ2) is 10.1. The lowest BCUT2D eigenvalue weighted by Crippen LogP contribution is -2.49. The van der Waals surface area contributed by atoms with Gasteiger partial charge >= 0.3 is 0 Å². The first-order valence-corrected chi connectivity index (χ1v) is 11.1. The first-order chi connectivity index (χ1) is 15.9. The van der Waals surface area contributed by atoms with Crippen LogP contribution in [0.1, 0.15) is 28.2 Å². The number of hydrogen-bond acceptors (Lipinski definition) is 7. The van der Waals surface area contributed by atoms with E-state index in [9.17, 15) is 14.9 Å². The molecule has 2 heterocycles. The Labute approximate surface area is 196 Å². The summed E-state index contributed by atoms with van der Waals surface area (Å²) in [4.78, 5) is 31.9. The molecule has 1 amide bonds. The monoisotopic (exact) mass is 469 g/mol. The first-order valence-electron chi connectivity index (χ1n) is 10.8. The molecule has 1 aromatic heterocycles. The SMILES string of the molecule is Cc1ccc(-c2noc(CCCN3CCN(C(=O)c4ccc(Cl)cc4[N+](=O)[O-])CC3)n2)cc1. The average Bonchev–Trinajstić information content (AvgIpc) is 3.28. The highest BCUT2D eigenvalue weighted by atomic mass is 35.5. The normalized spacial score (nSPS) is 14.4. The van der Waals surface area contributed by atoms with Crippen LogP contribution < -0.4 is 0 Å². The molecule has 0 radical (unpaired) electrons. The number of hydrogen-bond donors (Lipinski definition) is 0. The summed E-state index contributed by atoms with van der Waals surface area (Å²) in [5, 5.41) is 15.6. The Hall–Kier alpha value is -3.30. The molecule has 1 saturated heterocycles. The number of benzene rings is 2. The van der Waals surface area contributed by atoms with E-state index in [0.717, 1.165) is 18.5 Å². The number of carbonyl (C=O) groups is 1. The molecular formula is C23H24ClN5O4. The van der Waals surface area contributed by atoms with Gasteiger partial charge in [0.2, 0.25) is 11.7 Å². The molecule has 1 aliphatic rings. The number of aryl methyl sites for hydroxylation is 2. The quantitative estimate of drug-likeness (QED) is 0.380. The molecule has 0 N–H and O–H groups in total. The minimum absolute atomic E-state index is 0.0682. The van der Waals surface area contributed by atoms with Crippen LogP contribution in [-0.2, 0) is 6.42 Å². The minimum Gasteiger partial charge on any atom is -0.339 e. The summed E-state index contributed by atoms with van der Waals surface area (Å²) in [7, 11) is 0. The lowest BCUT2D eigenvalue weighted by Gasteiger charge is -2.34. The van der Waals surface area contributed by atoms with Crippen LogP contribution in [0, 0.1) is 17.0 Å². The Morgan fingerprint density at radius 1 is 1.15 bits per heavy atom. The van der Waals surface area contributed by atoms with Crippen molar-refractivity contribution in [2.24, 2.45) is 0 Å². The summed E-state index contributed by atoms with van der Waals surface area (Å²) in [6, 6.07) is 12.1. The predicted molar refractivity (Wildman–Crippen MR) is 123 cm³/mol. The zero-order valence-electron chi connectivity index (χ0n) is 18.2. The van der Waals surface area contributed by atoms with E-state index in [2.05, 4.69) is 15.0 Å². The zero-order valence-corrected chi connectivity index (χ0v) is 19.0. The molecule has 3 aromatic rings. The molecule has 0 atom stereocenters. The van der Waals surface area contributed by atoms with Gasteiger partial charge in [0, 0.05) is 49.3 Å². The van der Waals surface area contributed by atoms with E-state index in [1.54, 1.807) is 4.90 Å². The van der Waals surface area contributed by atoms with Crippen molar-refractivity contribution in [1.82, 2.24) is 19.9 Å². The summed E-state index contributed by atoms with van der Waals surface area (Å²) < 4.78 is 5.38. The standard InChI is InChI=1S/C23H24ClN5O4/c1-16-4-6-17(7-5-16)22-25-21(33-26-22)3-2-10-27-11-13-28(14-12-27)23(30)19-9-8-18(24)15-20(19)29(31)32/h4-9,15H,2-3,10-14H2,1H3. The van der Waals surface area contributed by atoms with Gasteiger partial charge in [-0.25, -0.2) is 0 Å². The number of nitrogens with zero attached hydrogens (tertiary/aromatic N) is 5. The van der Waals surface area contributed by atoms with Crippen molar-refractivity contribution in [1.29, 1.82) is 0 Å². The van der Waals surface area contributed by atoms with Crippen LogP contribution in [-0.4, -0.2) is 63.5 Å². The topological polar surface area (TPSA) is 106 Å². The van der Waals surface area contributed by atoms with Crippen LogP contribution in [0.25, 0.3) is 11.4 Å². The largest absolute Gasteiger partial charge is 0.339 e. The van der Waals surface area contributed by atoms with Crippen LogP contribution in [0.4, 0.5) is 5.69 Å². The summed E-state index contributed by atoms with van der Waals surface area (Å²) in [5.41, 5.74) is 1.91. The van der Waals surface area contributed by atoms with Crippen LogP contribution >= 0.6 is 11.6 Å². The lowest BCUT2D eigenvalue weighted by molar-refractivity contribution is -0.385. The minimum atomic E-state index is -0.572. The van der Waals surface area contributed by atoms with Crippen molar-refractivity contribution < 1.29 is 14.2 Å². The Balaban J connectivity index is 1.25. The van der Waals surface area contributed by atoms with Crippen molar-refractivity contribution in [2.45, 2.75) is 19.8 Å². The number of nitro benzene ring substituents is 1. The van der Waals surface area contributed by atoms with Crippen LogP contribution in [0.2, 0.25) is 5.02 Å². The van der Waals surface area contributed by atoms with Gasteiger partial charge in [0.05, 0.1) is 4.92 Å². The molecule has 0 spiro atoms. The number of piperazine rings is 1. The number of aromatic nitrogens is 2. The maximum absolute atomic E-state index is 12.8. The maximum atomic E-state index is 12.8. The number of nitro groups is 1. The van der Waals surface area contributed by atoms with E-state index >= 15 is 0 Å². The highest BCUT2D eigenvalue weighted by molar-refractivity contribution is 6.31. The molecule has 0 bridgehead atoms.